The number of benzene rings is 1. The van der Waals surface area contributed by atoms with E-state index in [2.05, 4.69) is 13.8 Å². The van der Waals surface area contributed by atoms with Gasteiger partial charge in [-0.15, -0.1) is 0 Å². The second-order valence-electron chi connectivity index (χ2n) is 5.49. The summed E-state index contributed by atoms with van der Waals surface area (Å²) in [5, 5.41) is 10.4. The van der Waals surface area contributed by atoms with Crippen LogP contribution in [0.25, 0.3) is 10.9 Å². The summed E-state index contributed by atoms with van der Waals surface area (Å²) in [6.07, 6.45) is 2.12. The lowest BCUT2D eigenvalue weighted by Gasteiger charge is -2.28. The molecule has 98 valence electrons. The van der Waals surface area contributed by atoms with E-state index < -0.39 is 5.97 Å². The van der Waals surface area contributed by atoms with Gasteiger partial charge < -0.3 is 5.11 Å². The SMILES string of the molecule is CC1CCC(C)c2c1nc1ccccc1c2C(=O)O. The molecule has 19 heavy (non-hydrogen) atoms. The van der Waals surface area contributed by atoms with Crippen molar-refractivity contribution < 1.29 is 9.90 Å². The highest BCUT2D eigenvalue weighted by molar-refractivity contribution is 6.04. The van der Waals surface area contributed by atoms with E-state index in [1.54, 1.807) is 0 Å². The smallest absolute Gasteiger partial charge is 0.336 e. The molecule has 3 rings (SSSR count). The van der Waals surface area contributed by atoms with Crippen LogP contribution in [0.2, 0.25) is 0 Å². The van der Waals surface area contributed by atoms with Crippen molar-refractivity contribution in [1.29, 1.82) is 0 Å². The fraction of sp³-hybridized carbons (Fsp3) is 0.375. The highest BCUT2D eigenvalue weighted by Gasteiger charge is 2.29. The summed E-state index contributed by atoms with van der Waals surface area (Å²) in [5.74, 6) is -0.223. The van der Waals surface area contributed by atoms with E-state index in [9.17, 15) is 9.90 Å². The second-order valence-corrected chi connectivity index (χ2v) is 5.49. The molecule has 1 aromatic carbocycles. The molecule has 0 spiro atoms. The van der Waals surface area contributed by atoms with Crippen LogP contribution in [0.3, 0.4) is 0 Å². The normalized spacial score (nSPS) is 22.2. The van der Waals surface area contributed by atoms with Crippen LogP contribution in [-0.4, -0.2) is 16.1 Å². The third kappa shape index (κ3) is 1.81. The van der Waals surface area contributed by atoms with Gasteiger partial charge in [-0.25, -0.2) is 4.79 Å². The first kappa shape index (κ1) is 12.2. The number of aromatic nitrogens is 1. The number of nitrogens with zero attached hydrogens (tertiary/aromatic N) is 1. The quantitative estimate of drug-likeness (QED) is 0.839. The van der Waals surface area contributed by atoms with Crippen molar-refractivity contribution in [3.05, 3.63) is 41.1 Å². The molecule has 3 heteroatoms. The Morgan fingerprint density at radius 1 is 1.21 bits per heavy atom. The number of carbonyl (C=O) groups is 1. The van der Waals surface area contributed by atoms with E-state index in [1.807, 2.05) is 24.3 Å². The molecule has 1 aliphatic carbocycles. The van der Waals surface area contributed by atoms with Crippen LogP contribution in [0, 0.1) is 0 Å². The highest BCUT2D eigenvalue weighted by Crippen LogP contribution is 2.41. The summed E-state index contributed by atoms with van der Waals surface area (Å²) in [6, 6.07) is 7.54. The lowest BCUT2D eigenvalue weighted by molar-refractivity contribution is 0.0696. The molecule has 3 nitrogen and oxygen atoms in total. The second kappa shape index (κ2) is 4.34. The monoisotopic (exact) mass is 255 g/mol. The minimum atomic E-state index is -0.837. The molecule has 0 radical (unpaired) electrons. The zero-order chi connectivity index (χ0) is 13.6. The number of carboxylic acid groups (broad SMARTS) is 1. The van der Waals surface area contributed by atoms with Gasteiger partial charge in [0, 0.05) is 11.1 Å². The molecule has 2 aromatic rings. The maximum atomic E-state index is 11.7. The van der Waals surface area contributed by atoms with Crippen LogP contribution in [0.1, 0.15) is 60.1 Å². The van der Waals surface area contributed by atoms with E-state index >= 15 is 0 Å². The molecular formula is C16H17NO2. The van der Waals surface area contributed by atoms with E-state index in [-0.39, 0.29) is 5.92 Å². The number of para-hydroxylation sites is 1. The molecule has 1 N–H and O–H groups in total. The number of fused-ring (bicyclic) bond motifs is 2. The van der Waals surface area contributed by atoms with Gasteiger partial charge in [0.05, 0.1) is 11.1 Å². The van der Waals surface area contributed by atoms with Gasteiger partial charge in [0.25, 0.3) is 0 Å². The molecule has 2 atom stereocenters. The summed E-state index contributed by atoms with van der Waals surface area (Å²) in [5.41, 5.74) is 3.18. The molecule has 0 aliphatic heterocycles. The van der Waals surface area contributed by atoms with Crippen LogP contribution in [0.15, 0.2) is 24.3 Å². The Labute approximate surface area is 112 Å². The van der Waals surface area contributed by atoms with Gasteiger partial charge in [0.1, 0.15) is 0 Å². The van der Waals surface area contributed by atoms with Crippen LogP contribution in [-0.2, 0) is 0 Å². The third-order valence-corrected chi connectivity index (χ3v) is 4.17. The summed E-state index contributed by atoms with van der Waals surface area (Å²) in [4.78, 5) is 16.4. The first-order chi connectivity index (χ1) is 9.09. The zero-order valence-electron chi connectivity index (χ0n) is 11.2. The van der Waals surface area contributed by atoms with Crippen molar-refractivity contribution >= 4 is 16.9 Å². The largest absolute Gasteiger partial charge is 0.478 e. The predicted molar refractivity (Wildman–Crippen MR) is 74.8 cm³/mol. The topological polar surface area (TPSA) is 50.2 Å². The minimum absolute atomic E-state index is 0.273. The lowest BCUT2D eigenvalue weighted by atomic mass is 9.78. The van der Waals surface area contributed by atoms with E-state index in [0.717, 1.165) is 35.0 Å². The average molecular weight is 255 g/mol. The van der Waals surface area contributed by atoms with Crippen LogP contribution >= 0.6 is 0 Å². The number of carboxylic acids is 1. The molecule has 0 amide bonds. The minimum Gasteiger partial charge on any atom is -0.478 e. The van der Waals surface area contributed by atoms with Crippen molar-refractivity contribution in [2.24, 2.45) is 0 Å². The van der Waals surface area contributed by atoms with Crippen molar-refractivity contribution in [2.45, 2.75) is 38.5 Å². The molecule has 2 unspecified atom stereocenters. The zero-order valence-corrected chi connectivity index (χ0v) is 11.2. The first-order valence-corrected chi connectivity index (χ1v) is 6.75. The lowest BCUT2D eigenvalue weighted by Crippen LogP contribution is -2.18. The van der Waals surface area contributed by atoms with Gasteiger partial charge in [-0.3, -0.25) is 4.98 Å². The van der Waals surface area contributed by atoms with Gasteiger partial charge in [0.2, 0.25) is 0 Å². The Bertz CT molecular complexity index is 663. The molecule has 0 bridgehead atoms. The first-order valence-electron chi connectivity index (χ1n) is 6.75. The molecule has 0 fully saturated rings. The van der Waals surface area contributed by atoms with Gasteiger partial charge in [0.15, 0.2) is 0 Å². The molecule has 0 saturated carbocycles. The summed E-state index contributed by atoms with van der Waals surface area (Å²) in [7, 11) is 0. The fourth-order valence-corrected chi connectivity index (χ4v) is 3.13. The average Bonchev–Trinajstić information content (AvgIpc) is 2.40. The van der Waals surface area contributed by atoms with E-state index in [1.165, 1.54) is 0 Å². The molecule has 1 aromatic heterocycles. The van der Waals surface area contributed by atoms with E-state index in [4.69, 9.17) is 4.98 Å². The summed E-state index contributed by atoms with van der Waals surface area (Å²) in [6.45, 7) is 4.24. The van der Waals surface area contributed by atoms with Crippen molar-refractivity contribution in [3.63, 3.8) is 0 Å². The summed E-state index contributed by atoms with van der Waals surface area (Å²) >= 11 is 0. The standard InChI is InChI=1S/C16H17NO2/c1-9-7-8-10(2)15-13(9)14(16(18)19)11-5-3-4-6-12(11)17-15/h3-6,9-10H,7-8H2,1-2H3,(H,18,19). The van der Waals surface area contributed by atoms with Crippen LogP contribution in [0.4, 0.5) is 0 Å². The van der Waals surface area contributed by atoms with Gasteiger partial charge in [-0.05, 0) is 36.3 Å². The van der Waals surface area contributed by atoms with Gasteiger partial charge in [-0.2, -0.15) is 0 Å². The Balaban J connectivity index is 2.44. The molecule has 1 heterocycles. The van der Waals surface area contributed by atoms with Crippen LogP contribution < -0.4 is 0 Å². The number of pyridine rings is 1. The fourth-order valence-electron chi connectivity index (χ4n) is 3.13. The maximum Gasteiger partial charge on any atom is 0.336 e. The Morgan fingerprint density at radius 2 is 1.89 bits per heavy atom. The van der Waals surface area contributed by atoms with Crippen molar-refractivity contribution in [3.8, 4) is 0 Å². The number of hydrogen-bond acceptors (Lipinski definition) is 2. The summed E-state index contributed by atoms with van der Waals surface area (Å²) < 4.78 is 0. The number of hydrogen-bond donors (Lipinski definition) is 1. The van der Waals surface area contributed by atoms with E-state index in [0.29, 0.717) is 11.5 Å². The predicted octanol–water partition coefficient (Wildman–Crippen LogP) is 3.93. The van der Waals surface area contributed by atoms with Gasteiger partial charge in [-0.1, -0.05) is 32.0 Å². The highest BCUT2D eigenvalue weighted by atomic mass is 16.4. The molecular weight excluding hydrogens is 238 g/mol. The van der Waals surface area contributed by atoms with Crippen molar-refractivity contribution in [2.75, 3.05) is 0 Å². The molecule has 1 aliphatic rings. The maximum absolute atomic E-state index is 11.7. The Morgan fingerprint density at radius 3 is 2.63 bits per heavy atom. The molecule has 0 saturated heterocycles. The number of aromatic carboxylic acids is 1. The van der Waals surface area contributed by atoms with Crippen LogP contribution in [0.5, 0.6) is 0 Å². The number of rotatable bonds is 1. The Hall–Kier alpha value is -1.90. The van der Waals surface area contributed by atoms with Gasteiger partial charge >= 0.3 is 5.97 Å². The Kier molecular flexibility index (Phi) is 2.77. The third-order valence-electron chi connectivity index (χ3n) is 4.17. The van der Waals surface area contributed by atoms with Crippen molar-refractivity contribution in [1.82, 2.24) is 4.98 Å².